The number of nitrogens with two attached hydrogens (primary N) is 3. The number of alkyl halides is 1. The molecule has 0 aromatic heterocycles. The van der Waals surface area contributed by atoms with E-state index in [9.17, 15) is 63.0 Å². The predicted molar refractivity (Wildman–Crippen MR) is 245 cm³/mol. The Hall–Kier alpha value is -6.37. The maximum atomic E-state index is 14.3. The molecule has 374 valence electrons. The van der Waals surface area contributed by atoms with E-state index in [4.69, 9.17) is 33.9 Å². The van der Waals surface area contributed by atoms with Gasteiger partial charge in [-0.25, -0.2) is 0 Å². The number of phenolic OH excluding ortho intramolecular Hbond substituents is 1. The number of unbranched alkanes of at least 4 members (excludes halogenated alkanes) is 1. The highest BCUT2D eigenvalue weighted by atomic mass is 35.5. The number of carbonyl (C=O) groups is 11. The number of primary amides is 2. The van der Waals surface area contributed by atoms with Gasteiger partial charge in [0.15, 0.2) is 0 Å². The van der Waals surface area contributed by atoms with Gasteiger partial charge in [-0.3, -0.25) is 52.7 Å². The minimum atomic E-state index is -2.17. The Morgan fingerprint density at radius 3 is 1.90 bits per heavy atom. The average Bonchev–Trinajstić information content (AvgIpc) is 3.23. The smallest absolute Gasteiger partial charge is 0.303 e. The third-order valence-electron chi connectivity index (χ3n) is 9.92. The van der Waals surface area contributed by atoms with Crippen LogP contribution in [-0.4, -0.2) is 134 Å². The highest BCUT2D eigenvalue weighted by molar-refractivity contribution is 7.80. The van der Waals surface area contributed by atoms with E-state index >= 15 is 0 Å². The minimum absolute atomic E-state index is 0.0171. The highest BCUT2D eigenvalue weighted by Gasteiger charge is 2.40. The van der Waals surface area contributed by atoms with Gasteiger partial charge in [-0.1, -0.05) is 19.9 Å². The number of benzene rings is 1. The van der Waals surface area contributed by atoms with E-state index in [-0.39, 0.29) is 86.6 Å². The van der Waals surface area contributed by atoms with Crippen molar-refractivity contribution in [1.82, 2.24) is 37.2 Å². The molecule has 9 amide bonds. The molecular formula is C41H63ClN10O14S. The number of carboxylic acid groups (broad SMARTS) is 2. The number of rotatable bonds is 32. The zero-order valence-electron chi connectivity index (χ0n) is 37.5. The van der Waals surface area contributed by atoms with Crippen LogP contribution in [0.4, 0.5) is 5.69 Å². The van der Waals surface area contributed by atoms with Crippen molar-refractivity contribution >= 4 is 95.0 Å². The molecular weight excluding hydrogens is 924 g/mol. The number of carboxylic acids is 2. The highest BCUT2D eigenvalue weighted by Crippen LogP contribution is 2.22. The van der Waals surface area contributed by atoms with Gasteiger partial charge in [-0.05, 0) is 69.1 Å². The maximum absolute atomic E-state index is 14.3. The molecule has 0 aliphatic rings. The zero-order valence-corrected chi connectivity index (χ0v) is 39.1. The summed E-state index contributed by atoms with van der Waals surface area (Å²) in [6, 6.07) is -3.01. The molecule has 1 rings (SSSR count). The van der Waals surface area contributed by atoms with Crippen LogP contribution >= 0.6 is 24.2 Å². The van der Waals surface area contributed by atoms with E-state index in [0.717, 1.165) is 6.92 Å². The summed E-state index contributed by atoms with van der Waals surface area (Å²) in [5.74, 6) is -11.6. The number of nitrogens with one attached hydrogen (secondary N) is 7. The first-order valence-electron chi connectivity index (χ1n) is 21.2. The van der Waals surface area contributed by atoms with Crippen molar-refractivity contribution < 1.29 is 68.1 Å². The number of nitrogen functional groups attached to an aromatic ring is 1. The van der Waals surface area contributed by atoms with Crippen LogP contribution in [0.3, 0.4) is 0 Å². The summed E-state index contributed by atoms with van der Waals surface area (Å²) in [4.78, 5) is 140. The Labute approximate surface area is 397 Å². The molecule has 1 aromatic rings. The third kappa shape index (κ3) is 22.6. The molecule has 0 fully saturated rings. The molecule has 0 aliphatic heterocycles. The Morgan fingerprint density at radius 1 is 0.731 bits per heavy atom. The normalized spacial score (nSPS) is 14.1. The van der Waals surface area contributed by atoms with Gasteiger partial charge < -0.3 is 69.7 Å². The fourth-order valence-corrected chi connectivity index (χ4v) is 6.63. The van der Waals surface area contributed by atoms with E-state index in [0.29, 0.717) is 0 Å². The summed E-state index contributed by atoms with van der Waals surface area (Å²) in [7, 11) is 0. The molecule has 0 saturated carbocycles. The molecule has 6 atom stereocenters. The van der Waals surface area contributed by atoms with Gasteiger partial charge in [0, 0.05) is 38.0 Å². The van der Waals surface area contributed by atoms with Crippen molar-refractivity contribution in [2.24, 2.45) is 17.4 Å². The van der Waals surface area contributed by atoms with Gasteiger partial charge >= 0.3 is 11.9 Å². The molecule has 1 aromatic carbocycles. The van der Waals surface area contributed by atoms with Crippen LogP contribution in [-0.2, 0) is 59.2 Å². The second kappa shape index (κ2) is 29.3. The van der Waals surface area contributed by atoms with Crippen LogP contribution in [0.5, 0.6) is 5.75 Å². The Bertz CT molecular complexity index is 1960. The molecule has 67 heavy (non-hydrogen) atoms. The molecule has 24 nitrogen and oxygen atoms in total. The van der Waals surface area contributed by atoms with Crippen molar-refractivity contribution in [2.45, 2.75) is 127 Å². The van der Waals surface area contributed by atoms with Crippen LogP contribution in [0.25, 0.3) is 0 Å². The Balaban J connectivity index is 3.48. The van der Waals surface area contributed by atoms with Gasteiger partial charge in [-0.15, -0.1) is 11.6 Å². The lowest BCUT2D eigenvalue weighted by atomic mass is 9.92. The van der Waals surface area contributed by atoms with Crippen LogP contribution in [0.15, 0.2) is 18.2 Å². The first-order valence-corrected chi connectivity index (χ1v) is 22.3. The van der Waals surface area contributed by atoms with Crippen molar-refractivity contribution in [3.05, 3.63) is 23.8 Å². The van der Waals surface area contributed by atoms with Crippen molar-refractivity contribution in [3.8, 4) is 5.75 Å². The Kier molecular flexibility index (Phi) is 25.7. The number of carbonyl (C=O) groups excluding carboxylic acids is 9. The van der Waals surface area contributed by atoms with Gasteiger partial charge in [-0.2, -0.15) is 12.6 Å². The van der Waals surface area contributed by atoms with E-state index < -0.39 is 126 Å². The zero-order chi connectivity index (χ0) is 51.0. The number of thiol groups is 1. The third-order valence-corrected chi connectivity index (χ3v) is 10.5. The molecule has 0 radical (unpaired) electrons. The van der Waals surface area contributed by atoms with Gasteiger partial charge in [0.05, 0.1) is 12.1 Å². The van der Waals surface area contributed by atoms with Crippen LogP contribution in [0, 0.1) is 5.92 Å². The van der Waals surface area contributed by atoms with Crippen molar-refractivity contribution in [1.29, 1.82) is 0 Å². The summed E-state index contributed by atoms with van der Waals surface area (Å²) in [6.45, 7) is 4.54. The predicted octanol–water partition coefficient (Wildman–Crippen LogP) is -2.20. The SMILES string of the molecule is CC(C)C[C@H](NC(=O)[C@H](CCCC(=O)O)NC(=O)CCl)C(=O)N[C@@H](Cc1ccc(O)c(N)c1)C(=O)N[C@@](C)(CCC(=O)O)C(=O)N[C@@H](CC(N)=O)C(=O)NCCCCC(=O)N[C@@H](CS)C(N)=O. The van der Waals surface area contributed by atoms with E-state index in [1.54, 1.807) is 13.8 Å². The van der Waals surface area contributed by atoms with Crippen molar-refractivity contribution in [3.63, 3.8) is 0 Å². The molecule has 26 heteroatoms. The number of halogens is 1. The van der Waals surface area contributed by atoms with Crippen LogP contribution in [0.2, 0.25) is 0 Å². The summed E-state index contributed by atoms with van der Waals surface area (Å²) >= 11 is 9.58. The summed E-state index contributed by atoms with van der Waals surface area (Å²) in [5.41, 5.74) is 14.5. The average molecular weight is 988 g/mol. The molecule has 0 spiro atoms. The topological polar surface area (TPSA) is 411 Å². The molecule has 0 saturated heterocycles. The monoisotopic (exact) mass is 986 g/mol. The van der Waals surface area contributed by atoms with E-state index in [2.05, 4.69) is 49.8 Å². The lowest BCUT2D eigenvalue weighted by Gasteiger charge is -2.33. The second-order valence-corrected chi connectivity index (χ2v) is 16.9. The van der Waals surface area contributed by atoms with Gasteiger partial charge in [0.25, 0.3) is 0 Å². The number of aliphatic carboxylic acids is 2. The molecule has 0 unspecified atom stereocenters. The van der Waals surface area contributed by atoms with E-state index in [1.165, 1.54) is 18.2 Å². The molecule has 16 N–H and O–H groups in total. The summed E-state index contributed by atoms with van der Waals surface area (Å²) in [6.07, 6.45) is -2.50. The first-order chi connectivity index (χ1) is 31.3. The number of hydrogen-bond acceptors (Lipinski definition) is 14. The maximum Gasteiger partial charge on any atom is 0.303 e. The molecule has 0 heterocycles. The number of hydrogen-bond donors (Lipinski definition) is 14. The quantitative estimate of drug-likeness (QED) is 0.0120. The fourth-order valence-electron chi connectivity index (χ4n) is 6.28. The summed E-state index contributed by atoms with van der Waals surface area (Å²) in [5, 5.41) is 45.9. The Morgan fingerprint density at radius 2 is 1.34 bits per heavy atom. The van der Waals surface area contributed by atoms with Crippen molar-refractivity contribution in [2.75, 3.05) is 23.9 Å². The lowest BCUT2D eigenvalue weighted by Crippen LogP contribution is -2.64. The fraction of sp³-hybridized carbons (Fsp3) is 0.585. The number of amides is 9. The van der Waals surface area contributed by atoms with Crippen LogP contribution < -0.4 is 54.4 Å². The van der Waals surface area contributed by atoms with Gasteiger partial charge in [0.2, 0.25) is 53.2 Å². The van der Waals surface area contributed by atoms with Crippen LogP contribution in [0.1, 0.15) is 90.5 Å². The second-order valence-electron chi connectivity index (χ2n) is 16.3. The van der Waals surface area contributed by atoms with Gasteiger partial charge in [0.1, 0.15) is 47.4 Å². The number of phenols is 1. The summed E-state index contributed by atoms with van der Waals surface area (Å²) < 4.78 is 0. The first kappa shape index (κ1) is 58.6. The lowest BCUT2D eigenvalue weighted by molar-refractivity contribution is -0.141. The minimum Gasteiger partial charge on any atom is -0.506 e. The molecule has 0 aliphatic carbocycles. The van der Waals surface area contributed by atoms with E-state index in [1.807, 2.05) is 0 Å². The number of aromatic hydroxyl groups is 1. The number of anilines is 1. The largest absolute Gasteiger partial charge is 0.506 e. The standard InChI is InChI=1S/C41H63ClN10O14S/c1-21(2)15-25(49-37(63)24(47-32(56)19-42)7-6-9-33(57)58)38(64)50-26(17-22-10-11-29(53)23(43)16-22)39(65)52-41(3,13-12-34(59)60)40(66)51-27(18-30(44)54)36(62)46-14-5-4-8-31(55)48-28(20-67)35(45)61/h10-11,16,21,24-28,53,67H,4-9,12-15,17-20,43H2,1-3H3,(H2,44,54)(H2,45,61)(H,46,62)(H,47,56)(H,48,55)(H,49,63)(H,50,64)(H,51,66)(H,52,65)(H,57,58)(H,59,60)/t24-,25-,26-,27-,28-,41-/m0/s1. The molecule has 0 bridgehead atoms.